The van der Waals surface area contributed by atoms with E-state index in [0.717, 1.165) is 27.2 Å². The van der Waals surface area contributed by atoms with E-state index in [0.29, 0.717) is 10.9 Å². The first kappa shape index (κ1) is 21.8. The zero-order chi connectivity index (χ0) is 22.4. The Morgan fingerprint density at radius 1 is 1.13 bits per heavy atom. The third-order valence-electron chi connectivity index (χ3n) is 5.02. The summed E-state index contributed by atoms with van der Waals surface area (Å²) in [5.74, 6) is -0.679. The number of rotatable bonds is 4. The number of sulfonamides is 1. The highest BCUT2D eigenvalue weighted by atomic mass is 32.2. The van der Waals surface area contributed by atoms with Crippen LogP contribution >= 0.6 is 11.3 Å². The van der Waals surface area contributed by atoms with E-state index in [-0.39, 0.29) is 24.6 Å². The molecule has 4 rings (SSSR count). The lowest BCUT2D eigenvalue weighted by Gasteiger charge is -2.33. The number of morpholine rings is 1. The minimum Gasteiger partial charge on any atom is -0.371 e. The monoisotopic (exact) mass is 470 g/mol. The fourth-order valence-electron chi connectivity index (χ4n) is 3.65. The van der Waals surface area contributed by atoms with Crippen molar-refractivity contribution in [3.63, 3.8) is 0 Å². The lowest BCUT2D eigenvalue weighted by atomic mass is 10.0. The summed E-state index contributed by atoms with van der Waals surface area (Å²) in [5.41, 5.74) is 4.75. The Morgan fingerprint density at radius 2 is 1.81 bits per heavy atom. The maximum atomic E-state index is 13.4. The van der Waals surface area contributed by atoms with E-state index in [1.165, 1.54) is 17.4 Å². The Hall–Kier alpha value is -2.47. The first-order valence-electron chi connectivity index (χ1n) is 9.20. The van der Waals surface area contributed by atoms with Crippen LogP contribution in [-0.4, -0.2) is 38.3 Å². The average molecular weight is 470 g/mol. The van der Waals surface area contributed by atoms with Crippen LogP contribution in [0.3, 0.4) is 0 Å². The highest BCUT2D eigenvalue weighted by Gasteiger charge is 2.41. The fourth-order valence-corrected chi connectivity index (χ4v) is 6.39. The maximum Gasteiger partial charge on any atom is 0.417 e. The molecule has 1 fully saturated rings. The topological polar surface area (TPSA) is 89.7 Å². The molecule has 1 aromatic heterocycles. The van der Waals surface area contributed by atoms with Crippen molar-refractivity contribution in [1.29, 1.82) is 0 Å². The van der Waals surface area contributed by atoms with E-state index in [9.17, 15) is 26.4 Å². The van der Waals surface area contributed by atoms with Crippen molar-refractivity contribution in [2.45, 2.75) is 17.2 Å². The van der Waals surface area contributed by atoms with Crippen LogP contribution in [0.4, 0.5) is 13.2 Å². The van der Waals surface area contributed by atoms with Crippen molar-refractivity contribution in [3.8, 4) is 0 Å². The molecule has 1 atom stereocenters. The predicted octanol–water partition coefficient (Wildman–Crippen LogP) is 3.78. The molecule has 11 heteroatoms. The maximum absolute atomic E-state index is 13.4. The molecule has 0 unspecified atom stereocenters. The molecule has 2 N–H and O–H groups in total. The van der Waals surface area contributed by atoms with Crippen molar-refractivity contribution < 1.29 is 31.1 Å². The Kier molecular flexibility index (Phi) is 5.54. The van der Waals surface area contributed by atoms with Gasteiger partial charge in [-0.1, -0.05) is 30.3 Å². The number of carbonyl (C=O) groups excluding carboxylic acids is 1. The molecule has 1 aliphatic rings. The Bertz CT molecular complexity index is 1250. The number of amides is 1. The first-order valence-corrected chi connectivity index (χ1v) is 11.5. The number of nitrogens with zero attached hydrogens (tertiary/aromatic N) is 1. The van der Waals surface area contributed by atoms with E-state index in [1.54, 1.807) is 24.3 Å². The molecule has 164 valence electrons. The Morgan fingerprint density at radius 3 is 2.52 bits per heavy atom. The molecule has 2 heterocycles. The summed E-state index contributed by atoms with van der Waals surface area (Å²) in [4.78, 5) is 11.4. The standard InChI is InChI=1S/C20H17F3N2O4S2/c21-20(22,23)13-6-2-4-8-16(13)31(27,28)25-9-10-29-14(11-25)17-12-5-1-3-7-15(12)30-18(17)19(24)26/h1-8,14H,9-11H2,(H2,24,26)/t14-/m0/s1. The van der Waals surface area contributed by atoms with Crippen LogP contribution in [0.5, 0.6) is 0 Å². The van der Waals surface area contributed by atoms with Gasteiger partial charge in [0.2, 0.25) is 10.0 Å². The molecule has 0 saturated carbocycles. The number of fused-ring (bicyclic) bond motifs is 1. The van der Waals surface area contributed by atoms with Crippen LogP contribution in [-0.2, 0) is 20.9 Å². The van der Waals surface area contributed by atoms with Crippen molar-refractivity contribution in [2.75, 3.05) is 19.7 Å². The summed E-state index contributed by atoms with van der Waals surface area (Å²) in [6.07, 6.45) is -5.67. The third-order valence-corrected chi connectivity index (χ3v) is 8.14. The Balaban J connectivity index is 1.75. The molecule has 0 radical (unpaired) electrons. The quantitative estimate of drug-likeness (QED) is 0.629. The zero-order valence-electron chi connectivity index (χ0n) is 15.9. The van der Waals surface area contributed by atoms with Gasteiger partial charge in [-0.05, 0) is 23.6 Å². The minimum atomic E-state index is -4.82. The molecule has 2 aromatic carbocycles. The smallest absolute Gasteiger partial charge is 0.371 e. The van der Waals surface area contributed by atoms with Crippen molar-refractivity contribution >= 4 is 37.4 Å². The second-order valence-electron chi connectivity index (χ2n) is 6.92. The van der Waals surface area contributed by atoms with Gasteiger partial charge >= 0.3 is 6.18 Å². The molecule has 31 heavy (non-hydrogen) atoms. The van der Waals surface area contributed by atoms with E-state index in [4.69, 9.17) is 10.5 Å². The number of hydrogen-bond donors (Lipinski definition) is 1. The van der Waals surface area contributed by atoms with Gasteiger partial charge in [0.25, 0.3) is 5.91 Å². The normalized spacial score (nSPS) is 18.4. The summed E-state index contributed by atoms with van der Waals surface area (Å²) in [7, 11) is -4.47. The summed E-state index contributed by atoms with van der Waals surface area (Å²) < 4.78 is 74.0. The first-order chi connectivity index (χ1) is 14.6. The number of nitrogens with two attached hydrogens (primary N) is 1. The lowest BCUT2D eigenvalue weighted by Crippen LogP contribution is -2.43. The number of carbonyl (C=O) groups is 1. The van der Waals surface area contributed by atoms with Crippen LogP contribution in [0, 0.1) is 0 Å². The number of hydrogen-bond acceptors (Lipinski definition) is 5. The lowest BCUT2D eigenvalue weighted by molar-refractivity contribution is -0.139. The highest BCUT2D eigenvalue weighted by molar-refractivity contribution is 7.89. The Labute approximate surface area is 180 Å². The number of primary amides is 1. The fraction of sp³-hybridized carbons (Fsp3) is 0.250. The van der Waals surface area contributed by atoms with Gasteiger partial charge in [-0.15, -0.1) is 11.3 Å². The van der Waals surface area contributed by atoms with Gasteiger partial charge in [0.05, 0.1) is 28.0 Å². The summed E-state index contributed by atoms with van der Waals surface area (Å²) in [5, 5.41) is 0.696. The van der Waals surface area contributed by atoms with Gasteiger partial charge < -0.3 is 10.5 Å². The van der Waals surface area contributed by atoms with E-state index < -0.39 is 38.7 Å². The number of thiophene rings is 1. The summed E-state index contributed by atoms with van der Waals surface area (Å²) in [6, 6.07) is 11.2. The molecule has 1 saturated heterocycles. The highest BCUT2D eigenvalue weighted by Crippen LogP contribution is 2.40. The minimum absolute atomic E-state index is 0.0412. The second kappa shape index (κ2) is 7.90. The van der Waals surface area contributed by atoms with Gasteiger partial charge in [0.1, 0.15) is 0 Å². The van der Waals surface area contributed by atoms with Crippen LogP contribution in [0.25, 0.3) is 10.1 Å². The average Bonchev–Trinajstić information content (AvgIpc) is 3.13. The number of ether oxygens (including phenoxy) is 1. The zero-order valence-corrected chi connectivity index (χ0v) is 17.6. The molecule has 0 spiro atoms. The van der Waals surface area contributed by atoms with E-state index in [2.05, 4.69) is 0 Å². The van der Waals surface area contributed by atoms with Crippen molar-refractivity contribution in [1.82, 2.24) is 4.31 Å². The van der Waals surface area contributed by atoms with Gasteiger partial charge in [0.15, 0.2) is 0 Å². The second-order valence-corrected chi connectivity index (χ2v) is 9.88. The van der Waals surface area contributed by atoms with Crippen LogP contribution < -0.4 is 5.73 Å². The van der Waals surface area contributed by atoms with Gasteiger partial charge in [-0.2, -0.15) is 17.5 Å². The van der Waals surface area contributed by atoms with Crippen molar-refractivity contribution in [3.05, 3.63) is 64.5 Å². The predicted molar refractivity (Wildman–Crippen MR) is 109 cm³/mol. The van der Waals surface area contributed by atoms with Gasteiger partial charge in [-0.3, -0.25) is 4.79 Å². The molecule has 3 aromatic rings. The molecule has 1 aliphatic heterocycles. The molecule has 6 nitrogen and oxygen atoms in total. The molecule has 0 aliphatic carbocycles. The van der Waals surface area contributed by atoms with Crippen LogP contribution in [0.2, 0.25) is 0 Å². The van der Waals surface area contributed by atoms with Gasteiger partial charge in [0, 0.05) is 23.4 Å². The summed E-state index contributed by atoms with van der Waals surface area (Å²) >= 11 is 1.17. The van der Waals surface area contributed by atoms with Crippen LogP contribution in [0.1, 0.15) is 26.9 Å². The number of halogens is 3. The van der Waals surface area contributed by atoms with Gasteiger partial charge in [-0.25, -0.2) is 8.42 Å². The largest absolute Gasteiger partial charge is 0.417 e. The molecular formula is C20H17F3N2O4S2. The molecule has 1 amide bonds. The SMILES string of the molecule is NC(=O)c1sc2ccccc2c1[C@@H]1CN(S(=O)(=O)c2ccccc2C(F)(F)F)CCO1. The van der Waals surface area contributed by atoms with E-state index >= 15 is 0 Å². The number of benzene rings is 2. The molecule has 0 bridgehead atoms. The van der Waals surface area contributed by atoms with Crippen LogP contribution in [0.15, 0.2) is 53.4 Å². The molecular weight excluding hydrogens is 453 g/mol. The van der Waals surface area contributed by atoms with Crippen molar-refractivity contribution in [2.24, 2.45) is 5.73 Å². The van der Waals surface area contributed by atoms with E-state index in [1.807, 2.05) is 0 Å². The number of alkyl halides is 3. The summed E-state index contributed by atoms with van der Waals surface area (Å²) in [6.45, 7) is -0.394. The third kappa shape index (κ3) is 3.93.